The van der Waals surface area contributed by atoms with E-state index in [2.05, 4.69) is 10.0 Å². The van der Waals surface area contributed by atoms with Crippen molar-refractivity contribution < 1.29 is 35.9 Å². The maximum absolute atomic E-state index is 13.0. The highest BCUT2D eigenvalue weighted by molar-refractivity contribution is 7.92. The first-order valence-electron chi connectivity index (χ1n) is 10.0. The Balaban J connectivity index is 1.46. The Bertz CT molecular complexity index is 1120. The predicted molar refractivity (Wildman–Crippen MR) is 109 cm³/mol. The zero-order chi connectivity index (χ0) is 22.9. The third-order valence-corrected chi connectivity index (χ3v) is 6.88. The van der Waals surface area contributed by atoms with E-state index in [1.54, 1.807) is 6.07 Å². The van der Waals surface area contributed by atoms with Crippen molar-refractivity contribution in [1.82, 2.24) is 5.32 Å². The number of anilines is 1. The standard InChI is InChI=1S/C21H21F3N2O5S/c22-21(23,24)14-4-2-5-15(10-14)25-20(27)13-3-1-6-17(9-13)32(28,29)26-16-7-8-18-19(11-16)31-12-30-18/h1,3,6-9,11,14-15,26H,2,4-5,10,12H2,(H,25,27)/t14-,15+/m0/s1. The molecule has 0 radical (unpaired) electrons. The van der Waals surface area contributed by atoms with Crippen LogP contribution < -0.4 is 19.5 Å². The third kappa shape index (κ3) is 4.93. The minimum absolute atomic E-state index is 0.0488. The molecule has 4 rings (SSSR count). The number of sulfonamides is 1. The number of hydrogen-bond donors (Lipinski definition) is 2. The molecule has 1 fully saturated rings. The van der Waals surface area contributed by atoms with Gasteiger partial charge >= 0.3 is 6.18 Å². The molecule has 1 heterocycles. The van der Waals surface area contributed by atoms with E-state index in [1.165, 1.54) is 36.4 Å². The van der Waals surface area contributed by atoms with E-state index in [9.17, 15) is 26.4 Å². The van der Waals surface area contributed by atoms with Crippen LogP contribution in [0.2, 0.25) is 0 Å². The van der Waals surface area contributed by atoms with Gasteiger partial charge in [-0.3, -0.25) is 9.52 Å². The van der Waals surface area contributed by atoms with Crippen molar-refractivity contribution in [3.8, 4) is 11.5 Å². The molecule has 1 aliphatic heterocycles. The monoisotopic (exact) mass is 470 g/mol. The normalized spacial score (nSPS) is 20.6. The van der Waals surface area contributed by atoms with E-state index >= 15 is 0 Å². The summed E-state index contributed by atoms with van der Waals surface area (Å²) < 4.78 is 77.4. The average Bonchev–Trinajstić information content (AvgIpc) is 3.21. The van der Waals surface area contributed by atoms with Crippen LogP contribution in [0.4, 0.5) is 18.9 Å². The van der Waals surface area contributed by atoms with Crippen LogP contribution in [0, 0.1) is 5.92 Å². The van der Waals surface area contributed by atoms with Gasteiger partial charge in [0.15, 0.2) is 11.5 Å². The zero-order valence-corrected chi connectivity index (χ0v) is 17.6. The molecule has 11 heteroatoms. The van der Waals surface area contributed by atoms with Crippen LogP contribution in [0.25, 0.3) is 0 Å². The largest absolute Gasteiger partial charge is 0.454 e. The molecule has 2 N–H and O–H groups in total. The van der Waals surface area contributed by atoms with Crippen molar-refractivity contribution in [2.45, 2.75) is 42.8 Å². The van der Waals surface area contributed by atoms with Gasteiger partial charge in [0.1, 0.15) is 0 Å². The van der Waals surface area contributed by atoms with Gasteiger partial charge in [0, 0.05) is 17.7 Å². The van der Waals surface area contributed by atoms with Gasteiger partial charge in [-0.2, -0.15) is 13.2 Å². The van der Waals surface area contributed by atoms with E-state index in [0.29, 0.717) is 24.3 Å². The maximum atomic E-state index is 13.0. The molecule has 0 bridgehead atoms. The van der Waals surface area contributed by atoms with Crippen LogP contribution in [0.5, 0.6) is 11.5 Å². The molecule has 2 aliphatic rings. The SMILES string of the molecule is O=C(N[C@@H]1CCC[C@H](C(F)(F)F)C1)c1cccc(S(=O)(=O)Nc2ccc3c(c2)OCO3)c1. The molecule has 2 aromatic rings. The number of carbonyl (C=O) groups is 1. The minimum Gasteiger partial charge on any atom is -0.454 e. The molecule has 1 amide bonds. The highest BCUT2D eigenvalue weighted by Crippen LogP contribution is 2.38. The summed E-state index contributed by atoms with van der Waals surface area (Å²) in [7, 11) is -4.02. The number of halogens is 3. The van der Waals surface area contributed by atoms with Gasteiger partial charge in [-0.15, -0.1) is 0 Å². The Morgan fingerprint density at radius 2 is 1.81 bits per heavy atom. The van der Waals surface area contributed by atoms with Gasteiger partial charge in [-0.25, -0.2) is 8.42 Å². The molecule has 0 aromatic heterocycles. The summed E-state index contributed by atoms with van der Waals surface area (Å²) in [6.07, 6.45) is -3.61. The lowest BCUT2D eigenvalue weighted by molar-refractivity contribution is -0.183. The van der Waals surface area contributed by atoms with Crippen LogP contribution >= 0.6 is 0 Å². The lowest BCUT2D eigenvalue weighted by atomic mass is 9.85. The first kappa shape index (κ1) is 22.3. The summed E-state index contributed by atoms with van der Waals surface area (Å²) >= 11 is 0. The number of benzene rings is 2. The summed E-state index contributed by atoms with van der Waals surface area (Å²) in [5.41, 5.74) is 0.303. The Morgan fingerprint density at radius 3 is 2.59 bits per heavy atom. The van der Waals surface area contributed by atoms with Gasteiger partial charge in [-0.1, -0.05) is 12.5 Å². The highest BCUT2D eigenvalue weighted by atomic mass is 32.2. The van der Waals surface area contributed by atoms with Crippen LogP contribution in [0.1, 0.15) is 36.0 Å². The molecule has 0 saturated heterocycles. The van der Waals surface area contributed by atoms with Crippen molar-refractivity contribution in [3.63, 3.8) is 0 Å². The van der Waals surface area contributed by atoms with Gasteiger partial charge < -0.3 is 14.8 Å². The number of hydrogen-bond acceptors (Lipinski definition) is 5. The van der Waals surface area contributed by atoms with E-state index in [0.717, 1.165) is 0 Å². The molecular weight excluding hydrogens is 449 g/mol. The fourth-order valence-electron chi connectivity index (χ4n) is 3.87. The summed E-state index contributed by atoms with van der Waals surface area (Å²) in [5, 5.41) is 2.61. The average molecular weight is 470 g/mol. The molecule has 172 valence electrons. The number of rotatable bonds is 5. The molecule has 2 atom stereocenters. The predicted octanol–water partition coefficient (Wildman–Crippen LogP) is 4.07. The van der Waals surface area contributed by atoms with Crippen molar-refractivity contribution in [2.24, 2.45) is 5.92 Å². The van der Waals surface area contributed by atoms with Gasteiger partial charge in [0.2, 0.25) is 6.79 Å². The van der Waals surface area contributed by atoms with Gasteiger partial charge in [-0.05, 0) is 49.6 Å². The Morgan fingerprint density at radius 1 is 1.03 bits per heavy atom. The van der Waals surface area contributed by atoms with Crippen LogP contribution in [0.3, 0.4) is 0 Å². The molecule has 0 unspecified atom stereocenters. The molecule has 1 aliphatic carbocycles. The van der Waals surface area contributed by atoms with Crippen molar-refractivity contribution in [2.75, 3.05) is 11.5 Å². The molecule has 7 nitrogen and oxygen atoms in total. The molecule has 2 aromatic carbocycles. The summed E-state index contributed by atoms with van der Waals surface area (Å²) in [5.74, 6) is -1.15. The summed E-state index contributed by atoms with van der Waals surface area (Å²) in [6.45, 7) is 0.0490. The fourth-order valence-corrected chi connectivity index (χ4v) is 4.96. The lowest BCUT2D eigenvalue weighted by Crippen LogP contribution is -2.41. The fraction of sp³-hybridized carbons (Fsp3) is 0.381. The first-order valence-corrected chi connectivity index (χ1v) is 11.5. The van der Waals surface area contributed by atoms with Crippen LogP contribution in [-0.2, 0) is 10.0 Å². The van der Waals surface area contributed by atoms with Crippen LogP contribution in [-0.4, -0.2) is 33.3 Å². The quantitative estimate of drug-likeness (QED) is 0.687. The summed E-state index contributed by atoms with van der Waals surface area (Å²) in [4.78, 5) is 12.4. The molecule has 1 saturated carbocycles. The summed E-state index contributed by atoms with van der Waals surface area (Å²) in [6, 6.07) is 9.29. The Kier molecular flexibility index (Phi) is 5.93. The minimum atomic E-state index is -4.29. The first-order chi connectivity index (χ1) is 15.1. The van der Waals surface area contributed by atoms with Gasteiger partial charge in [0.05, 0.1) is 16.5 Å². The molecule has 32 heavy (non-hydrogen) atoms. The van der Waals surface area contributed by atoms with Gasteiger partial charge in [0.25, 0.3) is 15.9 Å². The Hall–Kier alpha value is -2.95. The maximum Gasteiger partial charge on any atom is 0.391 e. The van der Waals surface area contributed by atoms with Crippen molar-refractivity contribution in [3.05, 3.63) is 48.0 Å². The van der Waals surface area contributed by atoms with E-state index in [1.807, 2.05) is 0 Å². The zero-order valence-electron chi connectivity index (χ0n) is 16.8. The number of alkyl halides is 3. The Labute approximate surface area is 183 Å². The second-order valence-electron chi connectivity index (χ2n) is 7.78. The second kappa shape index (κ2) is 8.53. The van der Waals surface area contributed by atoms with Crippen molar-refractivity contribution >= 4 is 21.6 Å². The highest BCUT2D eigenvalue weighted by Gasteiger charge is 2.42. The van der Waals surface area contributed by atoms with E-state index in [-0.39, 0.29) is 35.8 Å². The number of carbonyl (C=O) groups excluding carboxylic acids is 1. The lowest BCUT2D eigenvalue weighted by Gasteiger charge is -2.31. The van der Waals surface area contributed by atoms with Crippen molar-refractivity contribution in [1.29, 1.82) is 0 Å². The molecular formula is C21H21F3N2O5S. The van der Waals surface area contributed by atoms with Crippen LogP contribution in [0.15, 0.2) is 47.4 Å². The van der Waals surface area contributed by atoms with E-state index in [4.69, 9.17) is 9.47 Å². The second-order valence-corrected chi connectivity index (χ2v) is 9.46. The third-order valence-electron chi connectivity index (χ3n) is 5.50. The molecule has 0 spiro atoms. The number of nitrogens with one attached hydrogen (secondary N) is 2. The topological polar surface area (TPSA) is 93.7 Å². The number of fused-ring (bicyclic) bond motifs is 1. The number of amides is 1. The smallest absolute Gasteiger partial charge is 0.391 e. The number of ether oxygens (including phenoxy) is 2. The van der Waals surface area contributed by atoms with E-state index < -0.39 is 34.1 Å².